The fraction of sp³-hybridized carbons (Fsp3) is 0.333. The summed E-state index contributed by atoms with van der Waals surface area (Å²) < 4.78 is 13.4. The normalized spacial score (nSPS) is 13.0. The van der Waals surface area contributed by atoms with E-state index in [0.29, 0.717) is 0 Å². The summed E-state index contributed by atoms with van der Waals surface area (Å²) in [4.78, 5) is 16.7. The van der Waals surface area contributed by atoms with Gasteiger partial charge in [0.05, 0.1) is 0 Å². The Morgan fingerprint density at radius 1 is 1.35 bits per heavy atom. The van der Waals surface area contributed by atoms with E-state index < -0.39 is 0 Å². The second-order valence-corrected chi connectivity index (χ2v) is 6.62. The molecule has 5 heteroatoms. The molecule has 2 aromatic heterocycles. The highest BCUT2D eigenvalue weighted by atomic mass is 16.5. The molecule has 0 aliphatic rings. The van der Waals surface area contributed by atoms with Gasteiger partial charge in [0.25, 0.3) is 0 Å². The Kier molecular flexibility index (Phi) is 5.26. The van der Waals surface area contributed by atoms with Gasteiger partial charge in [-0.05, 0) is 18.1 Å². The summed E-state index contributed by atoms with van der Waals surface area (Å²) in [6, 6.07) is 7.82. The van der Waals surface area contributed by atoms with Gasteiger partial charge in [0.15, 0.2) is 6.10 Å². The zero-order chi connectivity index (χ0) is 18.7. The number of esters is 1. The van der Waals surface area contributed by atoms with Crippen LogP contribution in [0.4, 0.5) is 0 Å². The highest BCUT2D eigenvalue weighted by Crippen LogP contribution is 2.28. The Labute approximate surface area is 153 Å². The lowest BCUT2D eigenvalue weighted by Crippen LogP contribution is -2.18. The van der Waals surface area contributed by atoms with Crippen molar-refractivity contribution in [3.63, 3.8) is 0 Å². The molecule has 0 spiro atoms. The maximum Gasteiger partial charge on any atom is 0.331 e. The molecular formula is C21H24N2O3. The second kappa shape index (κ2) is 7.60. The first-order valence-electron chi connectivity index (χ1n) is 8.87. The molecule has 1 unspecified atom stereocenters. The molecule has 1 atom stereocenters. The van der Waals surface area contributed by atoms with E-state index in [1.807, 2.05) is 62.8 Å². The minimum Gasteiger partial charge on any atom is -0.460 e. The number of para-hydroxylation sites is 1. The van der Waals surface area contributed by atoms with E-state index in [9.17, 15) is 4.79 Å². The molecule has 0 bridgehead atoms. The fourth-order valence-electron chi connectivity index (χ4n) is 3.02. The van der Waals surface area contributed by atoms with Crippen LogP contribution in [0.2, 0.25) is 0 Å². The molecule has 0 aliphatic carbocycles. The number of fused-ring (bicyclic) bond motifs is 1. The lowest BCUT2D eigenvalue weighted by atomic mass is 10.1. The standard InChI is InChI=1S/C21H24N2O3/c1-5-17-16(15-8-6-7-9-18(15)25-17)10-11-19(24)26-20(14(2)3)21-22-12-13-23(21)4/h6-14,20H,5H2,1-4H3/b11-10+. The van der Waals surface area contributed by atoms with Crippen LogP contribution in [-0.2, 0) is 23.0 Å². The average Bonchev–Trinajstić information content (AvgIpc) is 3.20. The number of benzene rings is 1. The van der Waals surface area contributed by atoms with Gasteiger partial charge in [-0.15, -0.1) is 0 Å². The first-order chi connectivity index (χ1) is 12.5. The number of imidazole rings is 1. The molecule has 26 heavy (non-hydrogen) atoms. The second-order valence-electron chi connectivity index (χ2n) is 6.62. The van der Waals surface area contributed by atoms with Crippen LogP contribution in [0.3, 0.4) is 0 Å². The molecule has 136 valence electrons. The van der Waals surface area contributed by atoms with Crippen molar-refractivity contribution in [2.24, 2.45) is 13.0 Å². The first kappa shape index (κ1) is 18.0. The largest absolute Gasteiger partial charge is 0.460 e. The van der Waals surface area contributed by atoms with Gasteiger partial charge >= 0.3 is 5.97 Å². The van der Waals surface area contributed by atoms with E-state index in [2.05, 4.69) is 4.98 Å². The van der Waals surface area contributed by atoms with Crippen molar-refractivity contribution in [3.8, 4) is 0 Å². The summed E-state index contributed by atoms with van der Waals surface area (Å²) in [5.41, 5.74) is 1.75. The Morgan fingerprint density at radius 3 is 2.77 bits per heavy atom. The lowest BCUT2D eigenvalue weighted by Gasteiger charge is -2.20. The van der Waals surface area contributed by atoms with E-state index in [1.165, 1.54) is 6.08 Å². The topological polar surface area (TPSA) is 57.3 Å². The number of rotatable bonds is 6. The molecule has 0 saturated carbocycles. The van der Waals surface area contributed by atoms with Crippen molar-refractivity contribution in [1.82, 2.24) is 9.55 Å². The van der Waals surface area contributed by atoms with Gasteiger partial charge in [0.2, 0.25) is 0 Å². The van der Waals surface area contributed by atoms with Crippen molar-refractivity contribution in [3.05, 3.63) is 59.9 Å². The first-order valence-corrected chi connectivity index (χ1v) is 8.87. The summed E-state index contributed by atoms with van der Waals surface area (Å²) in [5.74, 6) is 1.33. The van der Waals surface area contributed by atoms with E-state index in [0.717, 1.165) is 34.5 Å². The van der Waals surface area contributed by atoms with E-state index in [1.54, 1.807) is 12.3 Å². The molecule has 0 saturated heterocycles. The Bertz CT molecular complexity index is 934. The van der Waals surface area contributed by atoms with Crippen molar-refractivity contribution in [2.75, 3.05) is 0 Å². The van der Waals surface area contributed by atoms with Gasteiger partial charge in [0, 0.05) is 42.9 Å². The highest BCUT2D eigenvalue weighted by Gasteiger charge is 2.23. The Balaban J connectivity index is 1.82. The predicted octanol–water partition coefficient (Wildman–Crippen LogP) is 4.68. The molecule has 0 amide bonds. The summed E-state index contributed by atoms with van der Waals surface area (Å²) in [5, 5.41) is 0.998. The number of furan rings is 1. The third-order valence-corrected chi connectivity index (χ3v) is 4.38. The number of nitrogens with zero attached hydrogens (tertiary/aromatic N) is 2. The molecule has 1 aromatic carbocycles. The van der Waals surface area contributed by atoms with E-state index in [4.69, 9.17) is 9.15 Å². The van der Waals surface area contributed by atoms with Gasteiger partial charge in [0.1, 0.15) is 17.2 Å². The highest BCUT2D eigenvalue weighted by molar-refractivity contribution is 5.94. The number of hydrogen-bond donors (Lipinski definition) is 0. The number of hydrogen-bond acceptors (Lipinski definition) is 4. The number of aryl methyl sites for hydroxylation is 2. The van der Waals surface area contributed by atoms with E-state index >= 15 is 0 Å². The van der Waals surface area contributed by atoms with Gasteiger partial charge in [-0.2, -0.15) is 0 Å². The van der Waals surface area contributed by atoms with Crippen LogP contribution in [0.25, 0.3) is 17.0 Å². The average molecular weight is 352 g/mol. The zero-order valence-corrected chi connectivity index (χ0v) is 15.6. The van der Waals surface area contributed by atoms with Gasteiger partial charge in [-0.25, -0.2) is 9.78 Å². The molecule has 0 fully saturated rings. The van der Waals surface area contributed by atoms with Crippen LogP contribution in [0.5, 0.6) is 0 Å². The summed E-state index contributed by atoms with van der Waals surface area (Å²) in [7, 11) is 1.90. The fourth-order valence-corrected chi connectivity index (χ4v) is 3.02. The third-order valence-electron chi connectivity index (χ3n) is 4.38. The van der Waals surface area contributed by atoms with Crippen LogP contribution in [0.15, 0.2) is 47.2 Å². The molecule has 2 heterocycles. The van der Waals surface area contributed by atoms with Crippen molar-refractivity contribution in [1.29, 1.82) is 0 Å². The summed E-state index contributed by atoms with van der Waals surface area (Å²) >= 11 is 0. The van der Waals surface area contributed by atoms with Crippen molar-refractivity contribution >= 4 is 23.0 Å². The molecule has 3 rings (SSSR count). The Hall–Kier alpha value is -2.82. The molecule has 5 nitrogen and oxygen atoms in total. The van der Waals surface area contributed by atoms with E-state index in [-0.39, 0.29) is 18.0 Å². The lowest BCUT2D eigenvalue weighted by molar-refractivity contribution is -0.146. The van der Waals surface area contributed by atoms with Gasteiger partial charge < -0.3 is 13.7 Å². The molecular weight excluding hydrogens is 328 g/mol. The van der Waals surface area contributed by atoms with Crippen LogP contribution in [-0.4, -0.2) is 15.5 Å². The van der Waals surface area contributed by atoms with Crippen molar-refractivity contribution < 1.29 is 13.9 Å². The van der Waals surface area contributed by atoms with Gasteiger partial charge in [-0.1, -0.05) is 39.0 Å². The quantitative estimate of drug-likeness (QED) is 0.477. The number of aromatic nitrogens is 2. The monoisotopic (exact) mass is 352 g/mol. The van der Waals surface area contributed by atoms with Crippen LogP contribution in [0, 0.1) is 5.92 Å². The predicted molar refractivity (Wildman–Crippen MR) is 102 cm³/mol. The molecule has 3 aromatic rings. The van der Waals surface area contributed by atoms with Crippen LogP contribution < -0.4 is 0 Å². The minimum atomic E-state index is -0.390. The molecule has 0 aliphatic heterocycles. The number of carbonyl (C=O) groups excluding carboxylic acids is 1. The van der Waals surface area contributed by atoms with Crippen molar-refractivity contribution in [2.45, 2.75) is 33.3 Å². The number of carbonyl (C=O) groups is 1. The number of ether oxygens (including phenoxy) is 1. The summed E-state index contributed by atoms with van der Waals surface area (Å²) in [6.45, 7) is 6.05. The van der Waals surface area contributed by atoms with Crippen LogP contribution in [0.1, 0.15) is 44.0 Å². The maximum absolute atomic E-state index is 12.4. The molecule has 0 radical (unpaired) electrons. The van der Waals surface area contributed by atoms with Crippen LogP contribution >= 0.6 is 0 Å². The van der Waals surface area contributed by atoms with Gasteiger partial charge in [-0.3, -0.25) is 0 Å². The molecule has 0 N–H and O–H groups in total. The third kappa shape index (κ3) is 3.57. The zero-order valence-electron chi connectivity index (χ0n) is 15.6. The SMILES string of the molecule is CCc1oc2ccccc2c1/C=C/C(=O)OC(c1nccn1C)C(C)C. The minimum absolute atomic E-state index is 0.120. The summed E-state index contributed by atoms with van der Waals surface area (Å²) in [6.07, 6.45) is 7.17. The maximum atomic E-state index is 12.4. The Morgan fingerprint density at radius 2 is 2.12 bits per heavy atom. The smallest absolute Gasteiger partial charge is 0.331 e.